The molecule has 0 radical (unpaired) electrons. The molecule has 4 heteroatoms. The summed E-state index contributed by atoms with van der Waals surface area (Å²) in [4.78, 5) is 30.7. The van der Waals surface area contributed by atoms with Gasteiger partial charge in [0.25, 0.3) is 0 Å². The van der Waals surface area contributed by atoms with Gasteiger partial charge in [0.05, 0.1) is 0 Å². The summed E-state index contributed by atoms with van der Waals surface area (Å²) >= 11 is 0. The highest BCUT2D eigenvalue weighted by Crippen LogP contribution is 2.29. The lowest BCUT2D eigenvalue weighted by atomic mass is 9.85. The Hall–Kier alpha value is -3.79. The van der Waals surface area contributed by atoms with Gasteiger partial charge in [-0.25, -0.2) is 4.98 Å². The molecule has 0 amide bonds. The Bertz CT molecular complexity index is 1480. The van der Waals surface area contributed by atoms with Crippen molar-refractivity contribution in [3.8, 4) is 0 Å². The average Bonchev–Trinajstić information content (AvgIpc) is 2.83. The minimum absolute atomic E-state index is 0.0940. The van der Waals surface area contributed by atoms with E-state index in [1.807, 2.05) is 77.1 Å². The van der Waals surface area contributed by atoms with Crippen LogP contribution in [-0.4, -0.2) is 16.6 Å². The molecular formula is C33H36N2O2. The van der Waals surface area contributed by atoms with Crippen molar-refractivity contribution in [1.82, 2.24) is 4.98 Å². The number of Topliss-reactive ketones (excluding diaryl/α,β-unsaturated/α-hetero) is 2. The van der Waals surface area contributed by atoms with Gasteiger partial charge in [0, 0.05) is 41.1 Å². The number of ketones is 2. The van der Waals surface area contributed by atoms with Crippen molar-refractivity contribution in [2.45, 2.75) is 60.8 Å². The Balaban J connectivity index is 1.62. The number of hydrogen-bond donors (Lipinski definition) is 1. The summed E-state index contributed by atoms with van der Waals surface area (Å²) in [6, 6.07) is 20.3. The molecule has 3 aromatic carbocycles. The normalized spacial score (nSPS) is 11.5. The Morgan fingerprint density at radius 1 is 0.865 bits per heavy atom. The summed E-state index contributed by atoms with van der Waals surface area (Å²) in [6.45, 7) is 11.9. The van der Waals surface area contributed by atoms with E-state index in [0.717, 1.165) is 50.1 Å². The van der Waals surface area contributed by atoms with Gasteiger partial charge in [0.15, 0.2) is 5.78 Å². The zero-order chi connectivity index (χ0) is 26.7. The Morgan fingerprint density at radius 2 is 1.62 bits per heavy atom. The number of fused-ring (bicyclic) bond motifs is 1. The lowest BCUT2D eigenvalue weighted by Gasteiger charge is -2.18. The van der Waals surface area contributed by atoms with Gasteiger partial charge in [-0.15, -0.1) is 0 Å². The third-order valence-corrected chi connectivity index (χ3v) is 7.05. The molecule has 0 aliphatic rings. The van der Waals surface area contributed by atoms with Crippen LogP contribution in [0.3, 0.4) is 0 Å². The van der Waals surface area contributed by atoms with E-state index in [1.54, 1.807) is 6.20 Å². The van der Waals surface area contributed by atoms with Crippen molar-refractivity contribution in [2.75, 3.05) is 5.32 Å². The number of aryl methyl sites for hydroxylation is 3. The van der Waals surface area contributed by atoms with Crippen LogP contribution in [0.25, 0.3) is 10.8 Å². The second kappa shape index (κ2) is 10.7. The molecule has 4 rings (SSSR count). The van der Waals surface area contributed by atoms with Crippen molar-refractivity contribution in [3.05, 3.63) is 100 Å². The second-order valence-corrected chi connectivity index (χ2v) is 11.0. The first-order valence-corrected chi connectivity index (χ1v) is 12.9. The Kier molecular flexibility index (Phi) is 7.58. The molecule has 4 aromatic rings. The second-order valence-electron chi connectivity index (χ2n) is 11.0. The van der Waals surface area contributed by atoms with E-state index in [0.29, 0.717) is 19.3 Å². The molecule has 0 spiro atoms. The molecule has 0 unspecified atom stereocenters. The zero-order valence-electron chi connectivity index (χ0n) is 22.7. The molecule has 0 aliphatic carbocycles. The van der Waals surface area contributed by atoms with Crippen LogP contribution in [0.5, 0.6) is 0 Å². The first kappa shape index (κ1) is 26.3. The maximum absolute atomic E-state index is 13.7. The molecule has 0 saturated heterocycles. The monoisotopic (exact) mass is 492 g/mol. The molecule has 1 heterocycles. The topological polar surface area (TPSA) is 59.1 Å². The molecule has 37 heavy (non-hydrogen) atoms. The molecule has 0 atom stereocenters. The van der Waals surface area contributed by atoms with E-state index in [9.17, 15) is 9.59 Å². The van der Waals surface area contributed by atoms with Crippen LogP contribution >= 0.6 is 0 Å². The van der Waals surface area contributed by atoms with Crippen LogP contribution in [0.4, 0.5) is 11.5 Å². The van der Waals surface area contributed by atoms with Crippen LogP contribution in [-0.2, 0) is 17.6 Å². The quantitative estimate of drug-likeness (QED) is 0.254. The molecule has 1 aromatic heterocycles. The highest BCUT2D eigenvalue weighted by atomic mass is 16.1. The molecule has 4 nitrogen and oxygen atoms in total. The molecule has 1 N–H and O–H groups in total. The van der Waals surface area contributed by atoms with Gasteiger partial charge in [-0.1, -0.05) is 63.2 Å². The number of carbonyl (C=O) groups excluding carboxylic acids is 2. The van der Waals surface area contributed by atoms with Crippen LogP contribution in [0.1, 0.15) is 65.4 Å². The predicted molar refractivity (Wildman–Crippen MR) is 153 cm³/mol. The fourth-order valence-electron chi connectivity index (χ4n) is 4.86. The number of rotatable bonds is 8. The van der Waals surface area contributed by atoms with E-state index in [4.69, 9.17) is 0 Å². The standard InChI is InChI=1S/C33H36N2O2/c1-21-9-7-11-26(19-21)35-32-28-12-8-10-25(27(28)17-18-34-32)20-29(36)31-22(2)13-14-24(23(31)3)15-16-30(37)33(4,5)6/h7-14,17-19H,15-16,20H2,1-6H3,(H,34,35). The number of pyridine rings is 1. The molecule has 0 bridgehead atoms. The summed E-state index contributed by atoms with van der Waals surface area (Å²) in [6.07, 6.45) is 3.22. The third-order valence-electron chi connectivity index (χ3n) is 7.05. The summed E-state index contributed by atoms with van der Waals surface area (Å²) in [5.74, 6) is 1.10. The van der Waals surface area contributed by atoms with E-state index < -0.39 is 0 Å². The van der Waals surface area contributed by atoms with Crippen molar-refractivity contribution < 1.29 is 9.59 Å². The summed E-state index contributed by atoms with van der Waals surface area (Å²) in [5, 5.41) is 5.44. The minimum Gasteiger partial charge on any atom is -0.340 e. The van der Waals surface area contributed by atoms with Gasteiger partial charge < -0.3 is 5.32 Å². The zero-order valence-corrected chi connectivity index (χ0v) is 22.7. The third kappa shape index (κ3) is 5.96. The number of carbonyl (C=O) groups is 2. The summed E-state index contributed by atoms with van der Waals surface area (Å²) in [7, 11) is 0. The SMILES string of the molecule is Cc1cccc(Nc2nccc3c(CC(=O)c4c(C)ccc(CCC(=O)C(C)(C)C)c4C)cccc23)c1. The van der Waals surface area contributed by atoms with Gasteiger partial charge in [0.1, 0.15) is 11.6 Å². The molecule has 0 aliphatic heterocycles. The van der Waals surface area contributed by atoms with Gasteiger partial charge in [-0.2, -0.15) is 0 Å². The lowest BCUT2D eigenvalue weighted by Crippen LogP contribution is -2.20. The van der Waals surface area contributed by atoms with Crippen LogP contribution in [0.2, 0.25) is 0 Å². The number of anilines is 2. The largest absolute Gasteiger partial charge is 0.340 e. The number of nitrogens with zero attached hydrogens (tertiary/aromatic N) is 1. The van der Waals surface area contributed by atoms with Crippen molar-refractivity contribution in [1.29, 1.82) is 0 Å². The van der Waals surface area contributed by atoms with Gasteiger partial charge in [0.2, 0.25) is 0 Å². The number of nitrogens with one attached hydrogen (secondary N) is 1. The van der Waals surface area contributed by atoms with Crippen LogP contribution in [0.15, 0.2) is 66.9 Å². The van der Waals surface area contributed by atoms with E-state index in [-0.39, 0.29) is 17.0 Å². The molecular weight excluding hydrogens is 456 g/mol. The van der Waals surface area contributed by atoms with E-state index >= 15 is 0 Å². The summed E-state index contributed by atoms with van der Waals surface area (Å²) in [5.41, 5.74) is 6.56. The van der Waals surface area contributed by atoms with Crippen LogP contribution < -0.4 is 5.32 Å². The number of benzene rings is 3. The van der Waals surface area contributed by atoms with Gasteiger partial charge >= 0.3 is 0 Å². The maximum Gasteiger partial charge on any atom is 0.167 e. The fraction of sp³-hybridized carbons (Fsp3) is 0.303. The van der Waals surface area contributed by atoms with Crippen molar-refractivity contribution in [2.24, 2.45) is 5.41 Å². The predicted octanol–water partition coefficient (Wildman–Crippen LogP) is 7.88. The Labute approximate surface area is 220 Å². The van der Waals surface area contributed by atoms with Crippen LogP contribution in [0, 0.1) is 26.2 Å². The van der Waals surface area contributed by atoms with Crippen molar-refractivity contribution >= 4 is 33.8 Å². The summed E-state index contributed by atoms with van der Waals surface area (Å²) < 4.78 is 0. The van der Waals surface area contributed by atoms with Gasteiger partial charge in [-0.3, -0.25) is 9.59 Å². The average molecular weight is 493 g/mol. The molecule has 0 saturated carbocycles. The van der Waals surface area contributed by atoms with Crippen molar-refractivity contribution in [3.63, 3.8) is 0 Å². The number of hydrogen-bond acceptors (Lipinski definition) is 4. The highest BCUT2D eigenvalue weighted by molar-refractivity contribution is 6.04. The van der Waals surface area contributed by atoms with E-state index in [1.165, 1.54) is 5.56 Å². The molecule has 0 fully saturated rings. The minimum atomic E-state index is -0.354. The number of aromatic nitrogens is 1. The highest BCUT2D eigenvalue weighted by Gasteiger charge is 2.22. The fourth-order valence-corrected chi connectivity index (χ4v) is 4.86. The Morgan fingerprint density at radius 3 is 2.35 bits per heavy atom. The molecule has 190 valence electrons. The first-order valence-electron chi connectivity index (χ1n) is 12.9. The lowest BCUT2D eigenvalue weighted by molar-refractivity contribution is -0.126. The van der Waals surface area contributed by atoms with Gasteiger partial charge in [-0.05, 0) is 78.6 Å². The first-order chi connectivity index (χ1) is 17.5. The maximum atomic E-state index is 13.7. The smallest absolute Gasteiger partial charge is 0.167 e. The van der Waals surface area contributed by atoms with E-state index in [2.05, 4.69) is 35.4 Å².